The topological polar surface area (TPSA) is 3.24 Å². The minimum absolute atomic E-state index is 0.763. The van der Waals surface area contributed by atoms with Crippen LogP contribution in [0, 0.1) is 5.92 Å². The number of halogens is 1. The molecule has 0 atom stereocenters. The van der Waals surface area contributed by atoms with Crippen molar-refractivity contribution in [3.8, 4) is 0 Å². The van der Waals surface area contributed by atoms with Gasteiger partial charge in [0, 0.05) is 33.9 Å². The highest BCUT2D eigenvalue weighted by atomic mass is 79.9. The molecule has 1 aromatic heterocycles. The van der Waals surface area contributed by atoms with Crippen LogP contribution >= 0.6 is 27.3 Å². The molecule has 1 heterocycles. The number of rotatable bonds is 5. The van der Waals surface area contributed by atoms with Crippen molar-refractivity contribution in [2.24, 2.45) is 5.92 Å². The van der Waals surface area contributed by atoms with Crippen molar-refractivity contribution in [3.63, 3.8) is 0 Å². The Morgan fingerprint density at radius 3 is 2.65 bits per heavy atom. The van der Waals surface area contributed by atoms with E-state index < -0.39 is 0 Å². The zero-order valence-corrected chi connectivity index (χ0v) is 13.2. The Labute approximate surface area is 117 Å². The fraction of sp³-hybridized carbons (Fsp3) is 0.714. The Balaban J connectivity index is 1.99. The highest BCUT2D eigenvalue weighted by Gasteiger charge is 2.23. The molecular weight excluding hydrogens is 294 g/mol. The van der Waals surface area contributed by atoms with Crippen LogP contribution in [-0.2, 0) is 6.54 Å². The smallest absolute Gasteiger partial charge is 0.0331 e. The van der Waals surface area contributed by atoms with Gasteiger partial charge < -0.3 is 0 Å². The van der Waals surface area contributed by atoms with E-state index in [1.807, 2.05) is 11.3 Å². The summed E-state index contributed by atoms with van der Waals surface area (Å²) < 4.78 is 1.23. The maximum absolute atomic E-state index is 3.55. The SMILES string of the molecule is CC(C)CN(Cc1cc(Br)cs1)C1CCCC1. The second kappa shape index (κ2) is 6.35. The molecule has 2 rings (SSSR count). The van der Waals surface area contributed by atoms with E-state index in [2.05, 4.69) is 46.1 Å². The summed E-state index contributed by atoms with van der Waals surface area (Å²) in [5.74, 6) is 0.763. The second-order valence-corrected chi connectivity index (χ2v) is 7.40. The molecule has 96 valence electrons. The monoisotopic (exact) mass is 315 g/mol. The van der Waals surface area contributed by atoms with Crippen molar-refractivity contribution < 1.29 is 0 Å². The number of nitrogens with zero attached hydrogens (tertiary/aromatic N) is 1. The number of thiophene rings is 1. The molecule has 1 nitrogen and oxygen atoms in total. The quantitative estimate of drug-likeness (QED) is 0.746. The van der Waals surface area contributed by atoms with Gasteiger partial charge >= 0.3 is 0 Å². The summed E-state index contributed by atoms with van der Waals surface area (Å²) in [6.07, 6.45) is 5.65. The van der Waals surface area contributed by atoms with Crippen molar-refractivity contribution in [3.05, 3.63) is 20.8 Å². The zero-order chi connectivity index (χ0) is 12.3. The first-order chi connectivity index (χ1) is 8.15. The lowest BCUT2D eigenvalue weighted by Gasteiger charge is -2.29. The van der Waals surface area contributed by atoms with Gasteiger partial charge in [-0.05, 0) is 40.8 Å². The van der Waals surface area contributed by atoms with Gasteiger partial charge in [0.25, 0.3) is 0 Å². The Morgan fingerprint density at radius 2 is 2.12 bits per heavy atom. The Bertz CT molecular complexity index is 342. The molecular formula is C14H22BrNS. The first kappa shape index (κ1) is 13.6. The summed E-state index contributed by atoms with van der Waals surface area (Å²) in [7, 11) is 0. The molecule has 0 aromatic carbocycles. The molecule has 0 unspecified atom stereocenters. The van der Waals surface area contributed by atoms with E-state index in [9.17, 15) is 0 Å². The Morgan fingerprint density at radius 1 is 1.41 bits per heavy atom. The van der Waals surface area contributed by atoms with Gasteiger partial charge in [0.15, 0.2) is 0 Å². The summed E-state index contributed by atoms with van der Waals surface area (Å²) in [4.78, 5) is 4.19. The van der Waals surface area contributed by atoms with Gasteiger partial charge in [-0.15, -0.1) is 11.3 Å². The summed E-state index contributed by atoms with van der Waals surface area (Å²) >= 11 is 5.42. The molecule has 0 saturated heterocycles. The molecule has 1 fully saturated rings. The normalized spacial score (nSPS) is 17.5. The van der Waals surface area contributed by atoms with Crippen LogP contribution in [0.5, 0.6) is 0 Å². The number of hydrogen-bond acceptors (Lipinski definition) is 2. The molecule has 1 aliphatic rings. The van der Waals surface area contributed by atoms with E-state index in [0.29, 0.717) is 0 Å². The molecule has 1 aliphatic carbocycles. The lowest BCUT2D eigenvalue weighted by molar-refractivity contribution is 0.170. The first-order valence-electron chi connectivity index (χ1n) is 6.62. The van der Waals surface area contributed by atoms with Gasteiger partial charge in [-0.2, -0.15) is 0 Å². The van der Waals surface area contributed by atoms with Gasteiger partial charge in [0.2, 0.25) is 0 Å². The van der Waals surface area contributed by atoms with Crippen LogP contribution in [0.2, 0.25) is 0 Å². The van der Waals surface area contributed by atoms with E-state index in [4.69, 9.17) is 0 Å². The summed E-state index contributed by atoms with van der Waals surface area (Å²) in [6, 6.07) is 3.10. The van der Waals surface area contributed by atoms with Crippen LogP contribution in [0.1, 0.15) is 44.4 Å². The second-order valence-electron chi connectivity index (χ2n) is 5.49. The average Bonchev–Trinajstić information content (AvgIpc) is 2.87. The molecule has 3 heteroatoms. The van der Waals surface area contributed by atoms with Crippen molar-refractivity contribution in [1.29, 1.82) is 0 Å². The molecule has 0 spiro atoms. The number of hydrogen-bond donors (Lipinski definition) is 0. The van der Waals surface area contributed by atoms with Crippen LogP contribution in [0.3, 0.4) is 0 Å². The van der Waals surface area contributed by atoms with Crippen LogP contribution in [0.4, 0.5) is 0 Å². The predicted molar refractivity (Wildman–Crippen MR) is 79.5 cm³/mol. The van der Waals surface area contributed by atoms with Gasteiger partial charge in [-0.1, -0.05) is 26.7 Å². The molecule has 0 bridgehead atoms. The van der Waals surface area contributed by atoms with E-state index >= 15 is 0 Å². The van der Waals surface area contributed by atoms with Crippen LogP contribution in [0.25, 0.3) is 0 Å². The molecule has 17 heavy (non-hydrogen) atoms. The molecule has 0 amide bonds. The van der Waals surface area contributed by atoms with E-state index in [1.54, 1.807) is 0 Å². The highest BCUT2D eigenvalue weighted by molar-refractivity contribution is 9.10. The van der Waals surface area contributed by atoms with Crippen LogP contribution in [0.15, 0.2) is 15.9 Å². The third-order valence-corrected chi connectivity index (χ3v) is 5.10. The molecule has 0 aliphatic heterocycles. The maximum Gasteiger partial charge on any atom is 0.0331 e. The third-order valence-electron chi connectivity index (χ3n) is 3.42. The van der Waals surface area contributed by atoms with E-state index in [-0.39, 0.29) is 0 Å². The summed E-state index contributed by atoms with van der Waals surface area (Å²) in [6.45, 7) is 7.03. The Hall–Kier alpha value is 0.140. The lowest BCUT2D eigenvalue weighted by Crippen LogP contribution is -2.35. The van der Waals surface area contributed by atoms with Crippen molar-refractivity contribution in [2.45, 2.75) is 52.1 Å². The van der Waals surface area contributed by atoms with E-state index in [0.717, 1.165) is 18.5 Å². The molecule has 1 aromatic rings. The van der Waals surface area contributed by atoms with Gasteiger partial charge in [0.05, 0.1) is 0 Å². The van der Waals surface area contributed by atoms with Crippen molar-refractivity contribution in [2.75, 3.05) is 6.54 Å². The maximum atomic E-state index is 3.55. The van der Waals surface area contributed by atoms with E-state index in [1.165, 1.54) is 41.6 Å². The fourth-order valence-corrected chi connectivity index (χ4v) is 4.19. The van der Waals surface area contributed by atoms with Crippen molar-refractivity contribution >= 4 is 27.3 Å². The highest BCUT2D eigenvalue weighted by Crippen LogP contribution is 2.28. The predicted octanol–water partition coefficient (Wildman–Crippen LogP) is 4.91. The summed E-state index contributed by atoms with van der Waals surface area (Å²) in [5.41, 5.74) is 0. The third kappa shape index (κ3) is 4.08. The minimum atomic E-state index is 0.763. The van der Waals surface area contributed by atoms with Gasteiger partial charge in [-0.3, -0.25) is 4.90 Å². The molecule has 0 radical (unpaired) electrons. The summed E-state index contributed by atoms with van der Waals surface area (Å²) in [5, 5.41) is 2.19. The lowest BCUT2D eigenvalue weighted by atomic mass is 10.1. The van der Waals surface area contributed by atoms with Gasteiger partial charge in [-0.25, -0.2) is 0 Å². The molecule has 1 saturated carbocycles. The Kier molecular flexibility index (Phi) is 5.07. The standard InChI is InChI=1S/C14H22BrNS/c1-11(2)8-16(13-5-3-4-6-13)9-14-7-12(15)10-17-14/h7,10-11,13H,3-6,8-9H2,1-2H3. The largest absolute Gasteiger partial charge is 0.295 e. The zero-order valence-electron chi connectivity index (χ0n) is 10.8. The average molecular weight is 316 g/mol. The first-order valence-corrected chi connectivity index (χ1v) is 8.29. The van der Waals surface area contributed by atoms with Gasteiger partial charge in [0.1, 0.15) is 0 Å². The van der Waals surface area contributed by atoms with Crippen LogP contribution < -0.4 is 0 Å². The van der Waals surface area contributed by atoms with Crippen molar-refractivity contribution in [1.82, 2.24) is 4.90 Å². The molecule has 0 N–H and O–H groups in total. The fourth-order valence-electron chi connectivity index (χ4n) is 2.72. The minimum Gasteiger partial charge on any atom is -0.295 e. The van der Waals surface area contributed by atoms with Crippen LogP contribution in [-0.4, -0.2) is 17.5 Å².